The fourth-order valence-corrected chi connectivity index (χ4v) is 2.86. The smallest absolute Gasteiger partial charge is 0.149 e. The molecule has 1 aromatic carbocycles. The first-order valence-electron chi connectivity index (χ1n) is 9.01. The summed E-state index contributed by atoms with van der Waals surface area (Å²) >= 11 is 0. The molecule has 2 heterocycles. The van der Waals surface area contributed by atoms with Crippen molar-refractivity contribution in [3.8, 4) is 0 Å². The van der Waals surface area contributed by atoms with Crippen LogP contribution in [0.4, 0.5) is 5.69 Å². The summed E-state index contributed by atoms with van der Waals surface area (Å²) in [5.74, 6) is 0. The quantitative estimate of drug-likeness (QED) is 0.621. The lowest BCUT2D eigenvalue weighted by Crippen LogP contribution is -2.40. The van der Waals surface area contributed by atoms with Crippen LogP contribution in [-0.2, 0) is 6.42 Å². The molecule has 0 N–H and O–H groups in total. The number of aromatic nitrogens is 1. The van der Waals surface area contributed by atoms with Gasteiger partial charge >= 0.3 is 0 Å². The molecule has 1 aliphatic heterocycles. The normalized spacial score (nSPS) is 15.2. The molecule has 0 saturated carbocycles. The first kappa shape index (κ1) is 17.5. The Morgan fingerprint density at radius 2 is 1.80 bits per heavy atom. The summed E-state index contributed by atoms with van der Waals surface area (Å²) in [5, 5.41) is 7.05. The number of hydrogen-bond acceptors (Lipinski definition) is 3. The van der Waals surface area contributed by atoms with Gasteiger partial charge in [-0.05, 0) is 44.7 Å². The summed E-state index contributed by atoms with van der Waals surface area (Å²) in [6.07, 6.45) is 2.90. The number of benzene rings is 1. The van der Waals surface area contributed by atoms with E-state index in [0.29, 0.717) is 0 Å². The van der Waals surface area contributed by atoms with Crippen molar-refractivity contribution < 1.29 is 4.70 Å². The second-order valence-corrected chi connectivity index (χ2v) is 6.86. The zero-order valence-corrected chi connectivity index (χ0v) is 15.5. The molecule has 1 fully saturated rings. The minimum Gasteiger partial charge on any atom is -0.298 e. The van der Waals surface area contributed by atoms with Crippen molar-refractivity contribution >= 4 is 5.69 Å². The maximum Gasteiger partial charge on any atom is 0.149 e. The molecule has 132 valence electrons. The summed E-state index contributed by atoms with van der Waals surface area (Å²) in [7, 11) is 2.17. The van der Waals surface area contributed by atoms with Gasteiger partial charge < -0.3 is 0 Å². The number of pyridine rings is 1. The first-order chi connectivity index (χ1) is 12.1. The Morgan fingerprint density at radius 1 is 1.08 bits per heavy atom. The lowest BCUT2D eigenvalue weighted by Gasteiger charge is -2.22. The van der Waals surface area contributed by atoms with E-state index in [9.17, 15) is 0 Å². The molecule has 0 radical (unpaired) electrons. The van der Waals surface area contributed by atoms with Gasteiger partial charge in [-0.25, -0.2) is 0 Å². The number of piperazine rings is 1. The van der Waals surface area contributed by atoms with Crippen molar-refractivity contribution in [1.82, 2.24) is 9.88 Å². The van der Waals surface area contributed by atoms with Gasteiger partial charge in [-0.15, -0.1) is 5.01 Å². The Hall–Kier alpha value is -2.27. The van der Waals surface area contributed by atoms with Gasteiger partial charge in [0.25, 0.3) is 0 Å². The Morgan fingerprint density at radius 3 is 2.44 bits per heavy atom. The molecule has 5 heteroatoms. The van der Waals surface area contributed by atoms with E-state index in [2.05, 4.69) is 70.0 Å². The molecule has 3 rings (SSSR count). The Bertz CT molecular complexity index is 696. The van der Waals surface area contributed by atoms with E-state index in [4.69, 9.17) is 5.22 Å². The number of anilines is 1. The highest BCUT2D eigenvalue weighted by Gasteiger charge is 2.18. The van der Waals surface area contributed by atoms with Gasteiger partial charge in [0, 0.05) is 31.4 Å². The predicted octanol–water partition coefficient (Wildman–Crippen LogP) is 3.07. The van der Waals surface area contributed by atoms with Gasteiger partial charge in [0.2, 0.25) is 0 Å². The average molecular weight is 338 g/mol. The van der Waals surface area contributed by atoms with Crippen molar-refractivity contribution in [2.24, 2.45) is 5.22 Å². The molecule has 0 spiro atoms. The third kappa shape index (κ3) is 5.10. The van der Waals surface area contributed by atoms with Gasteiger partial charge in [0.1, 0.15) is 25.3 Å². The van der Waals surface area contributed by atoms with Crippen molar-refractivity contribution in [1.29, 1.82) is 0 Å². The number of likely N-dealkylation sites (N-methyl/N-ethyl adjacent to an activating group) is 1. The van der Waals surface area contributed by atoms with E-state index in [1.54, 1.807) is 0 Å². The van der Waals surface area contributed by atoms with Crippen LogP contribution >= 0.6 is 0 Å². The first-order valence-corrected chi connectivity index (χ1v) is 9.01. The SMILES string of the molecule is Cc1ccc(N(CCc2ccc(C)nc2)N=[N+]2CCN(C)CC2)cc1. The van der Waals surface area contributed by atoms with Crippen LogP contribution in [0.25, 0.3) is 0 Å². The lowest BCUT2D eigenvalue weighted by molar-refractivity contribution is -0.604. The molecular weight excluding hydrogens is 310 g/mol. The van der Waals surface area contributed by atoms with Crippen LogP contribution in [0, 0.1) is 13.8 Å². The number of rotatable bonds is 5. The van der Waals surface area contributed by atoms with Crippen molar-refractivity contribution in [3.63, 3.8) is 0 Å². The largest absolute Gasteiger partial charge is 0.298 e. The van der Waals surface area contributed by atoms with Crippen LogP contribution in [0.2, 0.25) is 0 Å². The molecule has 0 unspecified atom stereocenters. The van der Waals surface area contributed by atoms with Crippen molar-refractivity contribution in [2.45, 2.75) is 20.3 Å². The van der Waals surface area contributed by atoms with Gasteiger partial charge in [-0.3, -0.25) is 9.88 Å². The summed E-state index contributed by atoms with van der Waals surface area (Å²) in [5.41, 5.74) is 4.72. The molecule has 5 nitrogen and oxygen atoms in total. The summed E-state index contributed by atoms with van der Waals surface area (Å²) in [6, 6.07) is 12.8. The molecule has 25 heavy (non-hydrogen) atoms. The molecule has 1 saturated heterocycles. The second kappa shape index (κ2) is 8.21. The number of aryl methyl sites for hydroxylation is 2. The average Bonchev–Trinajstić information content (AvgIpc) is 2.62. The Balaban J connectivity index is 1.75. The molecule has 2 aromatic rings. The second-order valence-electron chi connectivity index (χ2n) is 6.86. The van der Waals surface area contributed by atoms with E-state index in [0.717, 1.165) is 50.5 Å². The van der Waals surface area contributed by atoms with Crippen LogP contribution in [0.15, 0.2) is 47.8 Å². The highest BCUT2D eigenvalue weighted by atomic mass is 15.6. The summed E-state index contributed by atoms with van der Waals surface area (Å²) < 4.78 is 2.19. The minimum atomic E-state index is 0.847. The van der Waals surface area contributed by atoms with Crippen LogP contribution in [0.3, 0.4) is 0 Å². The maximum absolute atomic E-state index is 4.92. The lowest BCUT2D eigenvalue weighted by atomic mass is 10.2. The van der Waals surface area contributed by atoms with Gasteiger partial charge in [0.15, 0.2) is 0 Å². The fraction of sp³-hybridized carbons (Fsp3) is 0.450. The van der Waals surface area contributed by atoms with Crippen molar-refractivity contribution in [3.05, 3.63) is 59.4 Å². The third-order valence-electron chi connectivity index (χ3n) is 4.63. The minimum absolute atomic E-state index is 0.847. The zero-order chi connectivity index (χ0) is 17.6. The highest BCUT2D eigenvalue weighted by molar-refractivity contribution is 5.46. The van der Waals surface area contributed by atoms with Gasteiger partial charge in [-0.2, -0.15) is 4.70 Å². The monoisotopic (exact) mass is 338 g/mol. The van der Waals surface area contributed by atoms with Crippen LogP contribution in [-0.4, -0.2) is 54.4 Å². The van der Waals surface area contributed by atoms with E-state index in [1.165, 1.54) is 11.1 Å². The maximum atomic E-state index is 4.92. The van der Waals surface area contributed by atoms with Crippen LogP contribution < -0.4 is 5.01 Å². The molecule has 0 bridgehead atoms. The fourth-order valence-electron chi connectivity index (χ4n) is 2.86. The summed E-state index contributed by atoms with van der Waals surface area (Å²) in [6.45, 7) is 9.06. The Kier molecular flexibility index (Phi) is 5.76. The van der Waals surface area contributed by atoms with E-state index in [1.807, 2.05) is 13.1 Å². The topological polar surface area (TPSA) is 34.7 Å². The molecule has 0 atom stereocenters. The summed E-state index contributed by atoms with van der Waals surface area (Å²) in [4.78, 5) is 6.75. The standard InChI is InChI=1S/C20H28N5/c1-17-4-8-20(9-5-17)25(22-24-14-12-23(3)13-15-24)11-10-19-7-6-18(2)21-16-19/h4-9,16H,10-15H2,1-3H3/q+1. The van der Waals surface area contributed by atoms with Crippen LogP contribution in [0.5, 0.6) is 0 Å². The molecular formula is C20H28N5+. The van der Waals surface area contributed by atoms with E-state index >= 15 is 0 Å². The molecule has 0 aliphatic carbocycles. The van der Waals surface area contributed by atoms with E-state index in [-0.39, 0.29) is 0 Å². The van der Waals surface area contributed by atoms with Crippen LogP contribution in [0.1, 0.15) is 16.8 Å². The van der Waals surface area contributed by atoms with Gasteiger partial charge in [0.05, 0.1) is 5.22 Å². The molecule has 1 aliphatic rings. The van der Waals surface area contributed by atoms with Gasteiger partial charge in [-0.1, -0.05) is 23.8 Å². The van der Waals surface area contributed by atoms with E-state index < -0.39 is 0 Å². The number of hydrogen-bond donors (Lipinski definition) is 0. The molecule has 0 amide bonds. The zero-order valence-electron chi connectivity index (χ0n) is 15.5. The van der Waals surface area contributed by atoms with Crippen molar-refractivity contribution in [2.75, 3.05) is 44.8 Å². The predicted molar refractivity (Wildman–Crippen MR) is 101 cm³/mol. The molecule has 1 aromatic heterocycles. The Labute approximate surface area is 150 Å². The third-order valence-corrected chi connectivity index (χ3v) is 4.63. The number of nitrogens with zero attached hydrogens (tertiary/aromatic N) is 5. The highest BCUT2D eigenvalue weighted by Crippen LogP contribution is 2.17.